The van der Waals surface area contributed by atoms with Gasteiger partial charge in [-0.25, -0.2) is 9.78 Å². The van der Waals surface area contributed by atoms with Crippen molar-refractivity contribution in [3.05, 3.63) is 24.5 Å². The minimum Gasteiger partial charge on any atom is -0.345 e. The smallest absolute Gasteiger partial charge is 0.319 e. The molecule has 6 heteroatoms. The molecule has 0 bridgehead atoms. The number of fused-ring (bicyclic) bond motifs is 1. The van der Waals surface area contributed by atoms with E-state index in [2.05, 4.69) is 53.6 Å². The fraction of sp³-hybridized carbons (Fsp3) is 0.529. The number of aromatic nitrogens is 2. The number of hydrogen-bond donors (Lipinski definition) is 4. The van der Waals surface area contributed by atoms with Crippen LogP contribution in [0.2, 0.25) is 0 Å². The van der Waals surface area contributed by atoms with Crippen LogP contribution in [-0.4, -0.2) is 33.1 Å². The number of nitrogens with zero attached hydrogens (tertiary/aromatic N) is 1. The lowest BCUT2D eigenvalue weighted by atomic mass is 9.80. The van der Waals surface area contributed by atoms with Crippen molar-refractivity contribution in [3.8, 4) is 0 Å². The molecule has 1 aliphatic heterocycles. The van der Waals surface area contributed by atoms with Crippen molar-refractivity contribution in [1.29, 1.82) is 0 Å². The zero-order valence-corrected chi connectivity index (χ0v) is 14.2. The van der Waals surface area contributed by atoms with Crippen LogP contribution >= 0.6 is 0 Å². The number of aromatic amines is 1. The van der Waals surface area contributed by atoms with Crippen LogP contribution in [0.1, 0.15) is 40.5 Å². The summed E-state index contributed by atoms with van der Waals surface area (Å²) in [6, 6.07) is 5.62. The number of anilines is 1. The molecule has 23 heavy (non-hydrogen) atoms. The molecule has 1 fully saturated rings. The topological polar surface area (TPSA) is 81.8 Å². The Morgan fingerprint density at radius 3 is 2.61 bits per heavy atom. The third kappa shape index (κ3) is 3.82. The van der Waals surface area contributed by atoms with E-state index >= 15 is 0 Å². The summed E-state index contributed by atoms with van der Waals surface area (Å²) in [6.45, 7) is 8.69. The number of hydrogen-bond acceptors (Lipinski definition) is 3. The normalized spacial score (nSPS) is 20.3. The van der Waals surface area contributed by atoms with Gasteiger partial charge in [-0.05, 0) is 58.7 Å². The van der Waals surface area contributed by atoms with Gasteiger partial charge in [0, 0.05) is 22.8 Å². The SMILES string of the molecule is CC1(C)CC(NC(=O)Nc2ccc3nc[nH]c3c2)CC(C)(C)N1. The summed E-state index contributed by atoms with van der Waals surface area (Å²) in [6.07, 6.45) is 3.46. The molecule has 0 saturated carbocycles. The number of rotatable bonds is 2. The van der Waals surface area contributed by atoms with Gasteiger partial charge in [0.25, 0.3) is 0 Å². The molecule has 2 amide bonds. The Bertz CT molecular complexity index is 703. The predicted octanol–water partition coefficient (Wildman–Crippen LogP) is 2.99. The van der Waals surface area contributed by atoms with Crippen molar-refractivity contribution >= 4 is 22.8 Å². The quantitative estimate of drug-likeness (QED) is 0.687. The number of nitrogens with one attached hydrogen (secondary N) is 4. The molecular formula is C17H25N5O. The molecule has 6 nitrogen and oxygen atoms in total. The summed E-state index contributed by atoms with van der Waals surface area (Å²) >= 11 is 0. The first-order valence-electron chi connectivity index (χ1n) is 8.02. The van der Waals surface area contributed by atoms with Crippen molar-refractivity contribution in [2.24, 2.45) is 0 Å². The van der Waals surface area contributed by atoms with E-state index in [0.29, 0.717) is 0 Å². The van der Waals surface area contributed by atoms with E-state index < -0.39 is 0 Å². The van der Waals surface area contributed by atoms with Crippen molar-refractivity contribution in [2.75, 3.05) is 5.32 Å². The summed E-state index contributed by atoms with van der Waals surface area (Å²) in [4.78, 5) is 19.5. The molecule has 0 aliphatic carbocycles. The maximum absolute atomic E-state index is 12.3. The van der Waals surface area contributed by atoms with Crippen LogP contribution in [0.5, 0.6) is 0 Å². The van der Waals surface area contributed by atoms with Crippen molar-refractivity contribution < 1.29 is 4.79 Å². The number of H-pyrrole nitrogens is 1. The van der Waals surface area contributed by atoms with Crippen LogP contribution < -0.4 is 16.0 Å². The first-order valence-corrected chi connectivity index (χ1v) is 8.02. The standard InChI is InChI=1S/C17H25N5O/c1-16(2)8-12(9-17(3,4)22-16)21-15(23)20-11-5-6-13-14(7-11)19-10-18-13/h5-7,10,12,22H,8-9H2,1-4H3,(H,18,19)(H2,20,21,23). The molecule has 1 aromatic heterocycles. The summed E-state index contributed by atoms with van der Waals surface area (Å²) in [5, 5.41) is 9.63. The van der Waals surface area contributed by atoms with Gasteiger partial charge in [-0.1, -0.05) is 0 Å². The summed E-state index contributed by atoms with van der Waals surface area (Å²) < 4.78 is 0. The van der Waals surface area contributed by atoms with Crippen LogP contribution in [0, 0.1) is 0 Å². The molecule has 1 aromatic carbocycles. The number of benzene rings is 1. The second-order valence-corrected chi connectivity index (χ2v) is 7.73. The van der Waals surface area contributed by atoms with Gasteiger partial charge >= 0.3 is 6.03 Å². The van der Waals surface area contributed by atoms with Gasteiger partial charge in [0.2, 0.25) is 0 Å². The lowest BCUT2D eigenvalue weighted by Gasteiger charge is -2.46. The Kier molecular flexibility index (Phi) is 3.80. The van der Waals surface area contributed by atoms with Gasteiger partial charge in [0.15, 0.2) is 0 Å². The van der Waals surface area contributed by atoms with Crippen molar-refractivity contribution in [1.82, 2.24) is 20.6 Å². The number of imidazole rings is 1. The third-order valence-electron chi connectivity index (χ3n) is 4.20. The fourth-order valence-corrected chi connectivity index (χ4v) is 3.79. The van der Waals surface area contributed by atoms with E-state index in [0.717, 1.165) is 29.6 Å². The first kappa shape index (κ1) is 15.8. The highest BCUT2D eigenvalue weighted by Gasteiger charge is 2.38. The molecule has 0 atom stereocenters. The Morgan fingerprint density at radius 2 is 1.91 bits per heavy atom. The molecule has 1 aliphatic rings. The van der Waals surface area contributed by atoms with E-state index in [1.165, 1.54) is 0 Å². The highest BCUT2D eigenvalue weighted by molar-refractivity contribution is 5.92. The Labute approximate surface area is 136 Å². The van der Waals surface area contributed by atoms with E-state index in [1.54, 1.807) is 6.33 Å². The van der Waals surface area contributed by atoms with Crippen molar-refractivity contribution in [3.63, 3.8) is 0 Å². The zero-order chi connectivity index (χ0) is 16.7. The molecule has 0 spiro atoms. The van der Waals surface area contributed by atoms with Gasteiger partial charge in [-0.2, -0.15) is 0 Å². The largest absolute Gasteiger partial charge is 0.345 e. The molecule has 4 N–H and O–H groups in total. The van der Waals surface area contributed by atoms with Crippen LogP contribution in [0.25, 0.3) is 11.0 Å². The Hall–Kier alpha value is -2.08. The average molecular weight is 315 g/mol. The summed E-state index contributed by atoms with van der Waals surface area (Å²) in [5.74, 6) is 0. The Balaban J connectivity index is 1.64. The number of carbonyl (C=O) groups excluding carboxylic acids is 1. The van der Waals surface area contributed by atoms with Crippen molar-refractivity contribution in [2.45, 2.75) is 57.7 Å². The van der Waals surface area contributed by atoms with Gasteiger partial charge < -0.3 is 20.9 Å². The number of carbonyl (C=O) groups is 1. The van der Waals surface area contributed by atoms with Gasteiger partial charge in [-0.15, -0.1) is 0 Å². The molecule has 2 aromatic rings. The maximum atomic E-state index is 12.3. The van der Waals surface area contributed by atoms with E-state index in [-0.39, 0.29) is 23.2 Å². The first-order chi connectivity index (χ1) is 10.7. The highest BCUT2D eigenvalue weighted by atomic mass is 16.2. The lowest BCUT2D eigenvalue weighted by Crippen LogP contribution is -2.62. The number of piperidine rings is 1. The second-order valence-electron chi connectivity index (χ2n) is 7.73. The van der Waals surface area contributed by atoms with Crippen LogP contribution in [0.4, 0.5) is 10.5 Å². The molecule has 0 unspecified atom stereocenters. The summed E-state index contributed by atoms with van der Waals surface area (Å²) in [7, 11) is 0. The molecule has 2 heterocycles. The van der Waals surface area contributed by atoms with E-state index in [1.807, 2.05) is 18.2 Å². The number of amides is 2. The predicted molar refractivity (Wildman–Crippen MR) is 92.6 cm³/mol. The maximum Gasteiger partial charge on any atom is 0.319 e. The zero-order valence-electron chi connectivity index (χ0n) is 14.2. The molecule has 1 saturated heterocycles. The third-order valence-corrected chi connectivity index (χ3v) is 4.20. The Morgan fingerprint density at radius 1 is 1.22 bits per heavy atom. The number of urea groups is 1. The molecule has 3 rings (SSSR count). The van der Waals surface area contributed by atoms with Crippen LogP contribution in [-0.2, 0) is 0 Å². The minimum atomic E-state index is -0.164. The highest BCUT2D eigenvalue weighted by Crippen LogP contribution is 2.28. The monoisotopic (exact) mass is 315 g/mol. The fourth-order valence-electron chi connectivity index (χ4n) is 3.79. The summed E-state index contributed by atoms with van der Waals surface area (Å²) in [5.41, 5.74) is 2.57. The van der Waals surface area contributed by atoms with Crippen LogP contribution in [0.3, 0.4) is 0 Å². The van der Waals surface area contributed by atoms with Gasteiger partial charge in [0.1, 0.15) is 0 Å². The lowest BCUT2D eigenvalue weighted by molar-refractivity contribution is 0.149. The van der Waals surface area contributed by atoms with Crippen LogP contribution in [0.15, 0.2) is 24.5 Å². The van der Waals surface area contributed by atoms with Gasteiger partial charge in [-0.3, -0.25) is 0 Å². The second kappa shape index (κ2) is 5.53. The van der Waals surface area contributed by atoms with Gasteiger partial charge in [0.05, 0.1) is 17.4 Å². The minimum absolute atomic E-state index is 0.00846. The van der Waals surface area contributed by atoms with E-state index in [4.69, 9.17) is 0 Å². The molecule has 124 valence electrons. The van der Waals surface area contributed by atoms with E-state index in [9.17, 15) is 4.79 Å². The average Bonchev–Trinajstić information content (AvgIpc) is 2.81. The molecular weight excluding hydrogens is 290 g/mol. The molecule has 0 radical (unpaired) electrons.